The molecule has 0 spiro atoms. The number of ether oxygens (including phenoxy) is 1. The first-order chi connectivity index (χ1) is 9.83. The first kappa shape index (κ1) is 14.4. The van der Waals surface area contributed by atoms with Gasteiger partial charge in [-0.3, -0.25) is 0 Å². The number of nitrogens with one attached hydrogen (secondary N) is 1. The highest BCUT2D eigenvalue weighted by Crippen LogP contribution is 2.21. The van der Waals surface area contributed by atoms with E-state index in [4.69, 9.17) is 10.00 Å². The van der Waals surface area contributed by atoms with Crippen LogP contribution in [0, 0.1) is 11.3 Å². The van der Waals surface area contributed by atoms with Crippen molar-refractivity contribution in [2.24, 2.45) is 0 Å². The van der Waals surface area contributed by atoms with Gasteiger partial charge in [0.2, 0.25) is 0 Å². The monoisotopic (exact) mass is 268 g/mol. The number of unbranched alkanes of at least 4 members (excludes halogenated alkanes) is 1. The molecule has 20 heavy (non-hydrogen) atoms. The van der Waals surface area contributed by atoms with Crippen LogP contribution in [0.5, 0.6) is 5.75 Å². The van der Waals surface area contributed by atoms with Gasteiger partial charge >= 0.3 is 0 Å². The van der Waals surface area contributed by atoms with Gasteiger partial charge in [0.05, 0.1) is 13.2 Å². The largest absolute Gasteiger partial charge is 0.497 e. The summed E-state index contributed by atoms with van der Waals surface area (Å²) >= 11 is 0. The van der Waals surface area contributed by atoms with Crippen molar-refractivity contribution in [3.63, 3.8) is 0 Å². The van der Waals surface area contributed by atoms with Crippen molar-refractivity contribution in [2.45, 2.75) is 19.3 Å². The first-order valence-corrected chi connectivity index (χ1v) is 6.98. The predicted molar refractivity (Wildman–Crippen MR) is 81.9 cm³/mol. The van der Waals surface area contributed by atoms with E-state index in [-0.39, 0.29) is 0 Å². The molecule has 0 saturated carbocycles. The zero-order valence-corrected chi connectivity index (χ0v) is 11.9. The van der Waals surface area contributed by atoms with Crippen LogP contribution >= 0.6 is 0 Å². The molecular weight excluding hydrogens is 248 g/mol. The third-order valence-corrected chi connectivity index (χ3v) is 3.34. The van der Waals surface area contributed by atoms with E-state index in [1.807, 2.05) is 6.07 Å². The molecule has 0 fully saturated rings. The first-order valence-electron chi connectivity index (χ1n) is 6.98. The molecule has 0 amide bonds. The normalized spacial score (nSPS) is 10.4. The minimum absolute atomic E-state index is 0.630. The highest BCUT2D eigenvalue weighted by atomic mass is 16.5. The molecule has 0 radical (unpaired) electrons. The number of fused-ring (bicyclic) bond motifs is 1. The van der Waals surface area contributed by atoms with Gasteiger partial charge in [0.1, 0.15) is 5.75 Å². The van der Waals surface area contributed by atoms with E-state index in [9.17, 15) is 0 Å². The van der Waals surface area contributed by atoms with Crippen molar-refractivity contribution in [1.29, 1.82) is 5.26 Å². The molecule has 1 N–H and O–H groups in total. The summed E-state index contributed by atoms with van der Waals surface area (Å²) in [6, 6.07) is 14.8. The van der Waals surface area contributed by atoms with Crippen LogP contribution in [0.15, 0.2) is 36.4 Å². The van der Waals surface area contributed by atoms with E-state index < -0.39 is 0 Å². The van der Waals surface area contributed by atoms with Crippen molar-refractivity contribution in [3.05, 3.63) is 42.0 Å². The third kappa shape index (κ3) is 3.97. The summed E-state index contributed by atoms with van der Waals surface area (Å²) < 4.78 is 5.23. The summed E-state index contributed by atoms with van der Waals surface area (Å²) in [4.78, 5) is 0. The molecule has 0 heterocycles. The second-order valence-electron chi connectivity index (χ2n) is 4.81. The summed E-state index contributed by atoms with van der Waals surface area (Å²) in [5, 5.41) is 14.3. The van der Waals surface area contributed by atoms with Crippen LogP contribution in [0.2, 0.25) is 0 Å². The summed E-state index contributed by atoms with van der Waals surface area (Å²) in [5.41, 5.74) is 1.33. The average molecular weight is 268 g/mol. The number of rotatable bonds is 7. The summed E-state index contributed by atoms with van der Waals surface area (Å²) in [5.74, 6) is 0.893. The number of methoxy groups -OCH3 is 1. The van der Waals surface area contributed by atoms with Crippen LogP contribution in [-0.4, -0.2) is 20.2 Å². The zero-order chi connectivity index (χ0) is 14.2. The van der Waals surface area contributed by atoms with Gasteiger partial charge in [0, 0.05) is 6.42 Å². The fraction of sp³-hybridized carbons (Fsp3) is 0.353. The Balaban J connectivity index is 1.90. The van der Waals surface area contributed by atoms with Gasteiger partial charge in [-0.05, 0) is 54.4 Å². The molecule has 3 heteroatoms. The average Bonchev–Trinajstić information content (AvgIpc) is 2.50. The second-order valence-corrected chi connectivity index (χ2v) is 4.81. The van der Waals surface area contributed by atoms with Gasteiger partial charge in [0.25, 0.3) is 0 Å². The fourth-order valence-electron chi connectivity index (χ4n) is 2.21. The maximum Gasteiger partial charge on any atom is 0.119 e. The van der Waals surface area contributed by atoms with E-state index in [0.717, 1.165) is 31.7 Å². The Labute approximate surface area is 120 Å². The topological polar surface area (TPSA) is 45.0 Å². The van der Waals surface area contributed by atoms with Crippen LogP contribution in [0.25, 0.3) is 10.8 Å². The van der Waals surface area contributed by atoms with E-state index >= 15 is 0 Å². The quantitative estimate of drug-likeness (QED) is 0.784. The predicted octanol–water partition coefficient (Wildman–Crippen LogP) is 3.28. The van der Waals surface area contributed by atoms with Crippen molar-refractivity contribution in [2.75, 3.05) is 20.2 Å². The molecule has 0 bridgehead atoms. The molecule has 2 rings (SSSR count). The summed E-state index contributed by atoms with van der Waals surface area (Å²) in [7, 11) is 1.69. The van der Waals surface area contributed by atoms with Crippen molar-refractivity contribution >= 4 is 10.8 Å². The molecule has 2 aromatic carbocycles. The molecule has 0 aliphatic heterocycles. The number of hydrogen-bond donors (Lipinski definition) is 1. The number of benzene rings is 2. The van der Waals surface area contributed by atoms with E-state index in [0.29, 0.717) is 6.42 Å². The minimum atomic E-state index is 0.630. The smallest absolute Gasteiger partial charge is 0.119 e. The second kappa shape index (κ2) is 7.52. The molecule has 0 saturated heterocycles. The van der Waals surface area contributed by atoms with Crippen molar-refractivity contribution in [3.8, 4) is 11.8 Å². The molecule has 0 atom stereocenters. The maximum absolute atomic E-state index is 8.45. The van der Waals surface area contributed by atoms with Crippen LogP contribution in [-0.2, 0) is 6.42 Å². The Morgan fingerprint density at radius 3 is 2.70 bits per heavy atom. The lowest BCUT2D eigenvalue weighted by atomic mass is 10.0. The molecule has 104 valence electrons. The minimum Gasteiger partial charge on any atom is -0.497 e. The van der Waals surface area contributed by atoms with Gasteiger partial charge in [-0.2, -0.15) is 5.26 Å². The number of nitriles is 1. The van der Waals surface area contributed by atoms with Crippen LogP contribution in [0.4, 0.5) is 0 Å². The Bertz CT molecular complexity index is 601. The fourth-order valence-corrected chi connectivity index (χ4v) is 2.21. The lowest BCUT2D eigenvalue weighted by molar-refractivity contribution is 0.415. The van der Waals surface area contributed by atoms with E-state index in [1.54, 1.807) is 7.11 Å². The SMILES string of the molecule is COc1ccc2cc(CCNCCCC#N)ccc2c1. The van der Waals surface area contributed by atoms with Gasteiger partial charge in [-0.1, -0.05) is 24.3 Å². The Kier molecular flexibility index (Phi) is 5.40. The highest BCUT2D eigenvalue weighted by Gasteiger charge is 1.99. The number of hydrogen-bond acceptors (Lipinski definition) is 3. The van der Waals surface area contributed by atoms with Crippen molar-refractivity contribution < 1.29 is 4.74 Å². The lowest BCUT2D eigenvalue weighted by Crippen LogP contribution is -2.18. The van der Waals surface area contributed by atoms with Gasteiger partial charge < -0.3 is 10.1 Å². The van der Waals surface area contributed by atoms with Crippen LogP contribution < -0.4 is 10.1 Å². The Hall–Kier alpha value is -2.05. The zero-order valence-electron chi connectivity index (χ0n) is 11.9. The Morgan fingerprint density at radius 1 is 1.10 bits per heavy atom. The van der Waals surface area contributed by atoms with Crippen molar-refractivity contribution in [1.82, 2.24) is 5.32 Å². The van der Waals surface area contributed by atoms with E-state index in [2.05, 4.69) is 41.7 Å². The molecule has 3 nitrogen and oxygen atoms in total. The van der Waals surface area contributed by atoms with Gasteiger partial charge in [0.15, 0.2) is 0 Å². The highest BCUT2D eigenvalue weighted by molar-refractivity contribution is 5.84. The van der Waals surface area contributed by atoms with Crippen LogP contribution in [0.3, 0.4) is 0 Å². The van der Waals surface area contributed by atoms with Gasteiger partial charge in [-0.15, -0.1) is 0 Å². The molecule has 0 aliphatic rings. The maximum atomic E-state index is 8.45. The standard InChI is InChI=1S/C17H20N2O/c1-20-17-7-6-15-12-14(4-5-16(15)13-17)8-11-19-10-3-2-9-18/h4-7,12-13,19H,2-3,8,10-11H2,1H3. The van der Waals surface area contributed by atoms with E-state index in [1.165, 1.54) is 16.3 Å². The summed E-state index contributed by atoms with van der Waals surface area (Å²) in [6.45, 7) is 1.87. The third-order valence-electron chi connectivity index (χ3n) is 3.34. The van der Waals surface area contributed by atoms with Crippen LogP contribution in [0.1, 0.15) is 18.4 Å². The molecule has 0 aliphatic carbocycles. The molecule has 2 aromatic rings. The molecule has 0 aromatic heterocycles. The molecule has 0 unspecified atom stereocenters. The Morgan fingerprint density at radius 2 is 1.90 bits per heavy atom. The number of nitrogens with zero attached hydrogens (tertiary/aromatic N) is 1. The van der Waals surface area contributed by atoms with Gasteiger partial charge in [-0.25, -0.2) is 0 Å². The molecular formula is C17H20N2O. The lowest BCUT2D eigenvalue weighted by Gasteiger charge is -2.06. The summed E-state index contributed by atoms with van der Waals surface area (Å²) in [6.07, 6.45) is 2.56.